The number of aromatic hydroxyl groups is 2. The Labute approximate surface area is 386 Å². The van der Waals surface area contributed by atoms with E-state index in [2.05, 4.69) is 56.0 Å². The summed E-state index contributed by atoms with van der Waals surface area (Å²) < 4.78 is 0. The van der Waals surface area contributed by atoms with E-state index >= 15 is 0 Å². The highest BCUT2D eigenvalue weighted by Crippen LogP contribution is 2.39. The summed E-state index contributed by atoms with van der Waals surface area (Å²) in [5.41, 5.74) is 7.38. The second-order valence-electron chi connectivity index (χ2n) is 17.1. The molecule has 0 saturated carbocycles. The van der Waals surface area contributed by atoms with Crippen LogP contribution in [0.2, 0.25) is 0 Å². The maximum atomic E-state index is 14.4. The molecule has 1 aliphatic rings. The van der Waals surface area contributed by atoms with Gasteiger partial charge in [0, 0.05) is 49.1 Å². The van der Waals surface area contributed by atoms with E-state index in [1.807, 2.05) is 12.1 Å². The van der Waals surface area contributed by atoms with Gasteiger partial charge in [-0.3, -0.25) is 28.8 Å². The number of phenolic OH excluding ortho intramolecular Hbond substituents is 2. The van der Waals surface area contributed by atoms with Crippen molar-refractivity contribution in [3.63, 3.8) is 0 Å². The number of aryl methyl sites for hydroxylation is 1. The molecule has 1 aliphatic heterocycles. The Morgan fingerprint density at radius 1 is 0.848 bits per heavy atom. The summed E-state index contributed by atoms with van der Waals surface area (Å²) in [5, 5.41) is 32.8. The average Bonchev–Trinajstić information content (AvgIpc) is 3.30. The predicted octanol–water partition coefficient (Wildman–Crippen LogP) is 4.48. The first-order valence-electron chi connectivity index (χ1n) is 23.0. The van der Waals surface area contributed by atoms with Gasteiger partial charge in [-0.2, -0.15) is 0 Å². The van der Waals surface area contributed by atoms with Gasteiger partial charge in [0.2, 0.25) is 23.6 Å². The quantitative estimate of drug-likeness (QED) is 0.0613. The summed E-state index contributed by atoms with van der Waals surface area (Å²) in [5.74, 6) is -3.24. The number of amides is 5. The lowest BCUT2D eigenvalue weighted by molar-refractivity contribution is -0.368. The molecule has 0 fully saturated rings. The molecule has 5 rings (SSSR count). The number of hydrogen-bond acceptors (Lipinski definition) is 10. The topological polar surface area (TPSA) is 248 Å². The third-order valence-corrected chi connectivity index (χ3v) is 11.9. The molecule has 16 nitrogen and oxygen atoms in total. The minimum Gasteiger partial charge on any atom is -0.507 e. The smallest absolute Gasteiger partial charge is 0.254 e. The normalized spacial score (nSPS) is 16.5. The largest absolute Gasteiger partial charge is 0.507 e. The lowest BCUT2D eigenvalue weighted by Gasteiger charge is -2.32. The number of carbonyl (C=O) groups is 6. The van der Waals surface area contributed by atoms with Gasteiger partial charge < -0.3 is 42.1 Å². The van der Waals surface area contributed by atoms with Crippen LogP contribution in [0.3, 0.4) is 0 Å². The zero-order valence-corrected chi connectivity index (χ0v) is 38.5. The maximum absolute atomic E-state index is 14.4. The summed E-state index contributed by atoms with van der Waals surface area (Å²) in [6.45, 7) is 5.54. The van der Waals surface area contributed by atoms with E-state index in [9.17, 15) is 39.0 Å². The molecule has 0 radical (unpaired) electrons. The standard InChI is InChI=1S/C50H64N8O8/c1-5-6-7-8-9-10-13-33-15-18-35(19-16-33)46-53-29-37(30-54-46)48(64)52-25-23-44(62)56-40(14-11-12-24-51)50(66)58(4)45-36-20-22-43(61)39(28-36)38-26-34(17-21-42(38)60)27-41(32(3)59)57-47(63)31(2)55-49(45)65/h15-22,26,28-31,40-41,45,60-61H,5-14,23-25,27,51H2,1-4H3,(H,52,64)(H,55,65)(H,56,62)(H,57,63)/p+1/t31-,40-,41-,45-/m0/s1. The van der Waals surface area contributed by atoms with Gasteiger partial charge in [-0.15, -0.1) is 0 Å². The van der Waals surface area contributed by atoms with Crippen molar-refractivity contribution in [2.45, 2.75) is 122 Å². The molecule has 9 N–H and O–H groups in total. The molecule has 5 amide bonds. The van der Waals surface area contributed by atoms with Crippen LogP contribution in [0.5, 0.6) is 11.5 Å². The summed E-state index contributed by atoms with van der Waals surface area (Å²) in [7, 11) is 1.40. The molecule has 0 unspecified atom stereocenters. The number of carbonyl (C=O) groups excluding carboxylic acids is 6. The number of benzene rings is 3. The highest BCUT2D eigenvalue weighted by molar-refractivity contribution is 5.97. The number of nitrogens with one attached hydrogen (secondary N) is 4. The van der Waals surface area contributed by atoms with E-state index in [-0.39, 0.29) is 65.3 Å². The van der Waals surface area contributed by atoms with Crippen molar-refractivity contribution < 1.29 is 44.7 Å². The Morgan fingerprint density at radius 3 is 2.20 bits per heavy atom. The van der Waals surface area contributed by atoms with Crippen LogP contribution in [0.15, 0.2) is 73.1 Å². The number of likely N-dealkylation sites (N-methyl/N-ethyl adjacent to an activating group) is 1. The Bertz CT molecular complexity index is 2320. The SMILES string of the molecule is CCCCCCCCc1ccc(-c2ncc(C(=O)NCCC(=O)N[C@@H](CCCC[NH3+])C(=O)N(C)[C@@H]3C(=O)N[C@@H](C)C(=O)N[C@H](C(C)=O)Cc4ccc(O)c(c4)-c4cc3ccc4O)cn2)cc1. The summed E-state index contributed by atoms with van der Waals surface area (Å²) >= 11 is 0. The highest BCUT2D eigenvalue weighted by atomic mass is 16.3. The molecule has 16 heteroatoms. The summed E-state index contributed by atoms with van der Waals surface area (Å²) in [6, 6.07) is 12.4. The van der Waals surface area contributed by atoms with Crippen molar-refractivity contribution in [1.82, 2.24) is 36.1 Å². The maximum Gasteiger partial charge on any atom is 0.254 e. The van der Waals surface area contributed by atoms with Crippen LogP contribution in [0, 0.1) is 0 Å². The zero-order chi connectivity index (χ0) is 47.8. The molecule has 4 atom stereocenters. The monoisotopic (exact) mass is 905 g/mol. The molecule has 4 bridgehead atoms. The van der Waals surface area contributed by atoms with Gasteiger partial charge in [0.05, 0.1) is 18.2 Å². The fourth-order valence-electron chi connectivity index (χ4n) is 7.94. The lowest BCUT2D eigenvalue weighted by Crippen LogP contribution is -2.54. The van der Waals surface area contributed by atoms with Crippen molar-refractivity contribution in [1.29, 1.82) is 0 Å². The number of hydrogen-bond donors (Lipinski definition) is 7. The van der Waals surface area contributed by atoms with Gasteiger partial charge in [0.25, 0.3) is 5.91 Å². The second-order valence-corrected chi connectivity index (χ2v) is 17.1. The molecule has 3 aromatic carbocycles. The molecular formula is C50H65N8O8+. The van der Waals surface area contributed by atoms with E-state index in [4.69, 9.17) is 0 Å². The zero-order valence-electron chi connectivity index (χ0n) is 38.5. The van der Waals surface area contributed by atoms with E-state index in [1.54, 1.807) is 12.1 Å². The molecule has 0 saturated heterocycles. The Balaban J connectivity index is 1.26. The number of unbranched alkanes of at least 4 members (excludes halogenated alkanes) is 6. The third kappa shape index (κ3) is 13.9. The molecule has 66 heavy (non-hydrogen) atoms. The van der Waals surface area contributed by atoms with Gasteiger partial charge in [0.1, 0.15) is 29.6 Å². The van der Waals surface area contributed by atoms with Crippen LogP contribution in [0.25, 0.3) is 22.5 Å². The highest BCUT2D eigenvalue weighted by Gasteiger charge is 2.35. The number of ketones is 1. The first kappa shape index (κ1) is 50.3. The van der Waals surface area contributed by atoms with Gasteiger partial charge in [-0.25, -0.2) is 9.97 Å². The molecule has 4 aromatic rings. The first-order valence-corrected chi connectivity index (χ1v) is 23.0. The minimum atomic E-state index is -1.39. The fourth-order valence-corrected chi connectivity index (χ4v) is 7.94. The van der Waals surface area contributed by atoms with Gasteiger partial charge >= 0.3 is 0 Å². The second kappa shape index (κ2) is 24.6. The lowest BCUT2D eigenvalue weighted by atomic mass is 9.93. The van der Waals surface area contributed by atoms with Crippen LogP contribution in [-0.4, -0.2) is 98.7 Å². The molecule has 352 valence electrons. The van der Waals surface area contributed by atoms with E-state index in [1.165, 1.54) is 100 Å². The van der Waals surface area contributed by atoms with Crippen LogP contribution in [-0.2, 0) is 36.8 Å². The third-order valence-electron chi connectivity index (χ3n) is 11.9. The minimum absolute atomic E-state index is 0.0537. The number of quaternary nitrogens is 1. The molecule has 1 aromatic heterocycles. The van der Waals surface area contributed by atoms with Crippen LogP contribution >= 0.6 is 0 Å². The number of rotatable bonds is 20. The van der Waals surface area contributed by atoms with Crippen LogP contribution < -0.4 is 27.0 Å². The number of nitrogens with zero attached hydrogens (tertiary/aromatic N) is 3. The first-order chi connectivity index (χ1) is 31.7. The summed E-state index contributed by atoms with van der Waals surface area (Å²) in [4.78, 5) is 91.0. The van der Waals surface area contributed by atoms with Crippen molar-refractivity contribution in [3.05, 3.63) is 95.3 Å². The van der Waals surface area contributed by atoms with Crippen LogP contribution in [0.1, 0.15) is 118 Å². The van der Waals surface area contributed by atoms with E-state index in [0.29, 0.717) is 30.8 Å². The Hall–Kier alpha value is -6.68. The number of fused-ring (bicyclic) bond motifs is 5. The fraction of sp³-hybridized carbons (Fsp3) is 0.440. The van der Waals surface area contributed by atoms with E-state index in [0.717, 1.165) is 18.4 Å². The van der Waals surface area contributed by atoms with Crippen molar-refractivity contribution in [2.24, 2.45) is 0 Å². The van der Waals surface area contributed by atoms with Gasteiger partial charge in [-0.1, -0.05) is 75.4 Å². The molecular weight excluding hydrogens is 841 g/mol. The Kier molecular flexibility index (Phi) is 18.7. The van der Waals surface area contributed by atoms with Gasteiger partial charge in [0.15, 0.2) is 11.6 Å². The molecule has 2 heterocycles. The van der Waals surface area contributed by atoms with Crippen molar-refractivity contribution in [2.75, 3.05) is 20.1 Å². The molecule has 0 aliphatic carbocycles. The number of aromatic nitrogens is 2. The van der Waals surface area contributed by atoms with Crippen molar-refractivity contribution in [3.8, 4) is 34.0 Å². The summed E-state index contributed by atoms with van der Waals surface area (Å²) in [6.07, 6.45) is 12.6. The van der Waals surface area contributed by atoms with Crippen LogP contribution in [0.4, 0.5) is 0 Å². The average molecular weight is 906 g/mol. The molecule has 0 spiro atoms. The number of phenols is 2. The van der Waals surface area contributed by atoms with Gasteiger partial charge in [-0.05, 0) is 93.3 Å². The van der Waals surface area contributed by atoms with E-state index < -0.39 is 53.7 Å². The van der Waals surface area contributed by atoms with Crippen molar-refractivity contribution >= 4 is 35.3 Å². The number of Topliss-reactive ketones (excluding diaryl/α,β-unsaturated/α-hetero) is 1. The predicted molar refractivity (Wildman–Crippen MR) is 250 cm³/mol. The Morgan fingerprint density at radius 2 is 1.52 bits per heavy atom.